The van der Waals surface area contributed by atoms with Crippen molar-refractivity contribution in [2.24, 2.45) is 0 Å². The number of amides is 1. The molecule has 5 nitrogen and oxygen atoms in total. The van der Waals surface area contributed by atoms with Crippen molar-refractivity contribution in [3.05, 3.63) is 29.0 Å². The van der Waals surface area contributed by atoms with E-state index >= 15 is 0 Å². The van der Waals surface area contributed by atoms with Crippen LogP contribution in [0.4, 0.5) is 4.79 Å². The average Bonchev–Trinajstić information content (AvgIpc) is 2.30. The Bertz CT molecular complexity index is 430. The van der Waals surface area contributed by atoms with Gasteiger partial charge in [-0.2, -0.15) is 0 Å². The lowest BCUT2D eigenvalue weighted by Crippen LogP contribution is -2.45. The number of piperidine rings is 1. The van der Waals surface area contributed by atoms with Gasteiger partial charge in [0.15, 0.2) is 0 Å². The topological polar surface area (TPSA) is 73.7 Å². The molecule has 1 amide bonds. The zero-order valence-electron chi connectivity index (χ0n) is 9.14. The molecule has 0 spiro atoms. The molecule has 0 radical (unpaired) electrons. The molecule has 1 saturated heterocycles. The molecule has 1 aromatic heterocycles. The zero-order valence-corrected chi connectivity index (χ0v) is 9.89. The van der Waals surface area contributed by atoms with Gasteiger partial charge in [0.2, 0.25) is 0 Å². The van der Waals surface area contributed by atoms with Gasteiger partial charge in [-0.3, -0.25) is 4.98 Å². The first-order valence-electron chi connectivity index (χ1n) is 5.34. The third kappa shape index (κ3) is 2.35. The number of halogens is 1. The standard InChI is InChI=1S/C11H13ClN2O3/c12-8-2-1-5-13-9(8)11(17)3-6-14(7-4-11)10(15)16/h1-2,5,17H,3-4,6-7H2,(H,15,16). The minimum absolute atomic E-state index is 0.290. The van der Waals surface area contributed by atoms with Crippen LogP contribution in [0.5, 0.6) is 0 Å². The second-order valence-electron chi connectivity index (χ2n) is 4.14. The van der Waals surface area contributed by atoms with Crippen LogP contribution in [0.2, 0.25) is 5.02 Å². The number of likely N-dealkylation sites (tertiary alicyclic amines) is 1. The van der Waals surface area contributed by atoms with Crippen LogP contribution in [0.15, 0.2) is 18.3 Å². The van der Waals surface area contributed by atoms with E-state index in [0.717, 1.165) is 0 Å². The lowest BCUT2D eigenvalue weighted by molar-refractivity contribution is -0.0246. The van der Waals surface area contributed by atoms with Crippen molar-refractivity contribution in [3.63, 3.8) is 0 Å². The fourth-order valence-electron chi connectivity index (χ4n) is 2.03. The summed E-state index contributed by atoms with van der Waals surface area (Å²) in [5.41, 5.74) is -0.684. The molecule has 0 atom stereocenters. The van der Waals surface area contributed by atoms with Gasteiger partial charge in [0.05, 0.1) is 10.7 Å². The number of aliphatic hydroxyl groups is 1. The molecule has 6 heteroatoms. The second-order valence-corrected chi connectivity index (χ2v) is 4.54. The summed E-state index contributed by atoms with van der Waals surface area (Å²) in [6, 6.07) is 3.37. The van der Waals surface area contributed by atoms with Gasteiger partial charge in [-0.1, -0.05) is 11.6 Å². The number of nitrogens with zero attached hydrogens (tertiary/aromatic N) is 2. The summed E-state index contributed by atoms with van der Waals surface area (Å²) >= 11 is 5.99. The highest BCUT2D eigenvalue weighted by atomic mass is 35.5. The summed E-state index contributed by atoms with van der Waals surface area (Å²) in [6.07, 6.45) is 1.24. The van der Waals surface area contributed by atoms with Gasteiger partial charge in [-0.15, -0.1) is 0 Å². The molecule has 92 valence electrons. The van der Waals surface area contributed by atoms with Crippen LogP contribution in [-0.4, -0.2) is 39.3 Å². The van der Waals surface area contributed by atoms with Crippen molar-refractivity contribution in [3.8, 4) is 0 Å². The molecular weight excluding hydrogens is 244 g/mol. The largest absolute Gasteiger partial charge is 0.465 e. The maximum absolute atomic E-state index is 10.8. The second kappa shape index (κ2) is 4.50. The molecule has 0 saturated carbocycles. The van der Waals surface area contributed by atoms with Crippen molar-refractivity contribution in [1.82, 2.24) is 9.88 Å². The maximum Gasteiger partial charge on any atom is 0.407 e. The molecule has 0 bridgehead atoms. The zero-order chi connectivity index (χ0) is 12.5. The van der Waals surface area contributed by atoms with E-state index in [1.807, 2.05) is 0 Å². The Kier molecular flexibility index (Phi) is 3.22. The fraction of sp³-hybridized carbons (Fsp3) is 0.455. The normalized spacial score (nSPS) is 19.1. The molecule has 1 aliphatic rings. The molecule has 1 fully saturated rings. The van der Waals surface area contributed by atoms with E-state index in [1.165, 1.54) is 4.90 Å². The lowest BCUT2D eigenvalue weighted by atomic mass is 9.88. The van der Waals surface area contributed by atoms with Gasteiger partial charge in [0, 0.05) is 19.3 Å². The first kappa shape index (κ1) is 12.1. The number of hydrogen-bond acceptors (Lipinski definition) is 3. The third-order valence-corrected chi connectivity index (χ3v) is 3.37. The fourth-order valence-corrected chi connectivity index (χ4v) is 2.33. The summed E-state index contributed by atoms with van der Waals surface area (Å²) < 4.78 is 0. The molecule has 0 aromatic carbocycles. The molecule has 2 heterocycles. The molecule has 0 aliphatic carbocycles. The van der Waals surface area contributed by atoms with Crippen molar-refractivity contribution in [1.29, 1.82) is 0 Å². The monoisotopic (exact) mass is 256 g/mol. The van der Waals surface area contributed by atoms with Crippen LogP contribution in [0.25, 0.3) is 0 Å². The van der Waals surface area contributed by atoms with Crippen molar-refractivity contribution in [2.45, 2.75) is 18.4 Å². The number of carbonyl (C=O) groups is 1. The van der Waals surface area contributed by atoms with Crippen LogP contribution in [0.3, 0.4) is 0 Å². The van der Waals surface area contributed by atoms with Crippen molar-refractivity contribution < 1.29 is 15.0 Å². The smallest absolute Gasteiger partial charge is 0.407 e. The Balaban J connectivity index is 2.18. The summed E-state index contributed by atoms with van der Waals surface area (Å²) in [7, 11) is 0. The number of carboxylic acid groups (broad SMARTS) is 1. The summed E-state index contributed by atoms with van der Waals surface area (Å²) in [4.78, 5) is 16.2. The highest BCUT2D eigenvalue weighted by molar-refractivity contribution is 6.31. The Morgan fingerprint density at radius 3 is 2.65 bits per heavy atom. The van der Waals surface area contributed by atoms with E-state index in [2.05, 4.69) is 4.98 Å². The maximum atomic E-state index is 10.8. The van der Waals surface area contributed by atoms with Crippen molar-refractivity contribution >= 4 is 17.7 Å². The molecule has 0 unspecified atom stereocenters. The Hall–Kier alpha value is -1.33. The van der Waals surface area contributed by atoms with Crippen LogP contribution in [0, 0.1) is 0 Å². The van der Waals surface area contributed by atoms with E-state index in [-0.39, 0.29) is 0 Å². The van der Waals surface area contributed by atoms with E-state index < -0.39 is 11.7 Å². The van der Waals surface area contributed by atoms with Crippen LogP contribution >= 0.6 is 11.6 Å². The Morgan fingerprint density at radius 2 is 2.12 bits per heavy atom. The molecular formula is C11H13ClN2O3. The van der Waals surface area contributed by atoms with Crippen LogP contribution in [-0.2, 0) is 5.60 Å². The summed E-state index contributed by atoms with van der Waals surface area (Å²) in [5.74, 6) is 0. The number of pyridine rings is 1. The van der Waals surface area contributed by atoms with Gasteiger partial charge < -0.3 is 15.1 Å². The number of hydrogen-bond donors (Lipinski definition) is 2. The Morgan fingerprint density at radius 1 is 1.47 bits per heavy atom. The van der Waals surface area contributed by atoms with E-state index in [4.69, 9.17) is 16.7 Å². The van der Waals surface area contributed by atoms with Gasteiger partial charge in [-0.25, -0.2) is 4.79 Å². The van der Waals surface area contributed by atoms with Gasteiger partial charge >= 0.3 is 6.09 Å². The SMILES string of the molecule is O=C(O)N1CCC(O)(c2ncccc2Cl)CC1. The third-order valence-electron chi connectivity index (χ3n) is 3.06. The minimum Gasteiger partial charge on any atom is -0.465 e. The highest BCUT2D eigenvalue weighted by Gasteiger charge is 2.37. The first-order valence-corrected chi connectivity index (χ1v) is 5.72. The molecule has 1 aromatic rings. The predicted octanol–water partition coefficient (Wildman–Crippen LogP) is 1.70. The van der Waals surface area contributed by atoms with Gasteiger partial charge in [-0.05, 0) is 25.0 Å². The highest BCUT2D eigenvalue weighted by Crippen LogP contribution is 2.35. The van der Waals surface area contributed by atoms with E-state index in [0.29, 0.717) is 36.6 Å². The molecule has 17 heavy (non-hydrogen) atoms. The lowest BCUT2D eigenvalue weighted by Gasteiger charge is -2.36. The van der Waals surface area contributed by atoms with E-state index in [1.54, 1.807) is 18.3 Å². The minimum atomic E-state index is -1.12. The average molecular weight is 257 g/mol. The quantitative estimate of drug-likeness (QED) is 0.802. The predicted molar refractivity (Wildman–Crippen MR) is 62.0 cm³/mol. The van der Waals surface area contributed by atoms with Crippen LogP contribution in [0.1, 0.15) is 18.5 Å². The summed E-state index contributed by atoms with van der Waals surface area (Å²) in [6.45, 7) is 0.581. The van der Waals surface area contributed by atoms with Crippen LogP contribution < -0.4 is 0 Å². The first-order chi connectivity index (χ1) is 8.03. The molecule has 2 N–H and O–H groups in total. The van der Waals surface area contributed by atoms with E-state index in [9.17, 15) is 9.90 Å². The number of rotatable bonds is 1. The van der Waals surface area contributed by atoms with Gasteiger partial charge in [0.25, 0.3) is 0 Å². The Labute approximate surface area is 104 Å². The van der Waals surface area contributed by atoms with Gasteiger partial charge in [0.1, 0.15) is 5.60 Å². The summed E-state index contributed by atoms with van der Waals surface area (Å²) in [5, 5.41) is 19.7. The molecule has 1 aliphatic heterocycles. The number of aromatic nitrogens is 1. The molecule has 2 rings (SSSR count). The van der Waals surface area contributed by atoms with Crippen molar-refractivity contribution in [2.75, 3.05) is 13.1 Å².